The van der Waals surface area contributed by atoms with Crippen LogP contribution in [-0.4, -0.2) is 9.76 Å². The molecule has 2 heteroatoms. The molecular formula is C68H68OSi. The molecule has 9 aromatic rings. The predicted molar refractivity (Wildman–Crippen MR) is 302 cm³/mol. The summed E-state index contributed by atoms with van der Waals surface area (Å²) in [6.45, 7) is 28.0. The van der Waals surface area contributed by atoms with Crippen LogP contribution in [0.5, 0.6) is 0 Å². The molecular weight excluding hydrogens is 861 g/mol. The summed E-state index contributed by atoms with van der Waals surface area (Å²) in [5.74, 6) is 0. The summed E-state index contributed by atoms with van der Waals surface area (Å²) in [4.78, 5) is 0. The average molecular weight is 929 g/mol. The lowest BCUT2D eigenvalue weighted by Gasteiger charge is -2.27. The van der Waals surface area contributed by atoms with E-state index in [-0.39, 0.29) is 15.2 Å². The highest BCUT2D eigenvalue weighted by Gasteiger charge is 2.26. The number of benzene rings is 9. The molecule has 2 radical (unpaired) electrons. The van der Waals surface area contributed by atoms with Gasteiger partial charge in [-0.25, -0.2) is 0 Å². The van der Waals surface area contributed by atoms with Gasteiger partial charge in [-0.1, -0.05) is 178 Å². The SMILES string of the molecule is Cc1cccc(C)c1-c1cccc(-c2c(C)cccc2C)c1Cc1cc(C(C)(C)C)cc(Cc2c(-c3c(C)cccc3C)cccc2-c2c(C)cccc2C)c1[Si]OCc1c(C)ccc2ccccc12. The molecule has 1 nitrogen and oxygen atoms in total. The monoisotopic (exact) mass is 929 g/mol. The molecule has 0 heterocycles. The van der Waals surface area contributed by atoms with Gasteiger partial charge in [0.25, 0.3) is 9.76 Å². The fourth-order valence-corrected chi connectivity index (χ4v) is 12.2. The molecule has 350 valence electrons. The van der Waals surface area contributed by atoms with E-state index in [0.29, 0.717) is 6.61 Å². The molecule has 0 aliphatic rings. The van der Waals surface area contributed by atoms with Crippen LogP contribution in [0.2, 0.25) is 0 Å². The van der Waals surface area contributed by atoms with Gasteiger partial charge in [0.15, 0.2) is 0 Å². The highest BCUT2D eigenvalue weighted by Crippen LogP contribution is 2.42. The van der Waals surface area contributed by atoms with Crippen LogP contribution in [0.25, 0.3) is 55.3 Å². The third-order valence-electron chi connectivity index (χ3n) is 14.9. The van der Waals surface area contributed by atoms with Crippen molar-refractivity contribution >= 4 is 25.7 Å². The summed E-state index contributed by atoms with van der Waals surface area (Å²) in [6.07, 6.45) is 1.51. The second kappa shape index (κ2) is 20.0. The van der Waals surface area contributed by atoms with Crippen LogP contribution in [0.3, 0.4) is 0 Å². The molecule has 0 fully saturated rings. The number of fused-ring (bicyclic) bond motifs is 1. The average Bonchev–Trinajstić information content (AvgIpc) is 3.31. The molecule has 0 aliphatic heterocycles. The van der Waals surface area contributed by atoms with Gasteiger partial charge in [-0.15, -0.1) is 0 Å². The second-order valence-electron chi connectivity index (χ2n) is 21.0. The Hall–Kier alpha value is -6.58. The smallest absolute Gasteiger partial charge is 0.269 e. The summed E-state index contributed by atoms with van der Waals surface area (Å²) in [5.41, 5.74) is 30.0. The van der Waals surface area contributed by atoms with Crippen molar-refractivity contribution in [2.75, 3.05) is 0 Å². The molecule has 0 spiro atoms. The van der Waals surface area contributed by atoms with Crippen molar-refractivity contribution in [3.05, 3.63) is 241 Å². The first-order valence-electron chi connectivity index (χ1n) is 25.1. The van der Waals surface area contributed by atoms with Gasteiger partial charge in [0, 0.05) is 0 Å². The Kier molecular flexibility index (Phi) is 13.9. The molecule has 0 atom stereocenters. The Labute approximate surface area is 421 Å². The molecule has 0 bridgehead atoms. The van der Waals surface area contributed by atoms with Crippen molar-refractivity contribution in [1.82, 2.24) is 0 Å². The van der Waals surface area contributed by atoms with Crippen molar-refractivity contribution < 1.29 is 4.43 Å². The van der Waals surface area contributed by atoms with Gasteiger partial charge in [-0.3, -0.25) is 0 Å². The Morgan fingerprint density at radius 2 is 0.729 bits per heavy atom. The minimum Gasteiger partial charge on any atom is -0.407 e. The Morgan fingerprint density at radius 1 is 0.371 bits per heavy atom. The van der Waals surface area contributed by atoms with E-state index in [1.807, 2.05) is 0 Å². The van der Waals surface area contributed by atoms with E-state index >= 15 is 0 Å². The first kappa shape index (κ1) is 48.4. The van der Waals surface area contributed by atoms with E-state index in [2.05, 4.69) is 241 Å². The summed E-state index contributed by atoms with van der Waals surface area (Å²) in [5, 5.41) is 3.81. The zero-order valence-electron chi connectivity index (χ0n) is 43.5. The van der Waals surface area contributed by atoms with E-state index in [1.54, 1.807) is 0 Å². The molecule has 9 aromatic carbocycles. The van der Waals surface area contributed by atoms with Crippen LogP contribution in [0.4, 0.5) is 0 Å². The molecule has 0 aliphatic carbocycles. The molecule has 70 heavy (non-hydrogen) atoms. The van der Waals surface area contributed by atoms with Gasteiger partial charge in [0.2, 0.25) is 0 Å². The zero-order chi connectivity index (χ0) is 49.4. The van der Waals surface area contributed by atoms with E-state index in [1.165, 1.54) is 144 Å². The van der Waals surface area contributed by atoms with Crippen molar-refractivity contribution in [1.29, 1.82) is 0 Å². The lowest BCUT2D eigenvalue weighted by atomic mass is 9.79. The minimum atomic E-state index is -0.116. The topological polar surface area (TPSA) is 9.23 Å². The largest absolute Gasteiger partial charge is 0.407 e. The van der Waals surface area contributed by atoms with E-state index in [9.17, 15) is 0 Å². The van der Waals surface area contributed by atoms with E-state index < -0.39 is 0 Å². The number of hydrogen-bond donors (Lipinski definition) is 0. The molecule has 0 amide bonds. The number of rotatable bonds is 12. The lowest BCUT2D eigenvalue weighted by Crippen LogP contribution is -2.29. The maximum absolute atomic E-state index is 7.22. The summed E-state index contributed by atoms with van der Waals surface area (Å²) < 4.78 is 7.22. The summed E-state index contributed by atoms with van der Waals surface area (Å²) >= 11 is 0. The van der Waals surface area contributed by atoms with Crippen molar-refractivity contribution in [3.63, 3.8) is 0 Å². The zero-order valence-corrected chi connectivity index (χ0v) is 44.5. The Morgan fingerprint density at radius 3 is 1.10 bits per heavy atom. The molecule has 0 saturated carbocycles. The van der Waals surface area contributed by atoms with Crippen LogP contribution in [0.1, 0.15) is 104 Å². The van der Waals surface area contributed by atoms with Crippen molar-refractivity contribution in [3.8, 4) is 44.5 Å². The first-order chi connectivity index (χ1) is 33.6. The van der Waals surface area contributed by atoms with Gasteiger partial charge >= 0.3 is 0 Å². The Balaban J connectivity index is 1.33. The van der Waals surface area contributed by atoms with Crippen LogP contribution < -0.4 is 5.19 Å². The standard InChI is InChI=1S/C68H68OSi/c1-42-35-36-51-29-13-14-30-55(51)62(42)41-69-70-67-52(39-60-56(63-43(2)21-15-22-44(63)3)31-19-32-57(60)64-45(4)23-16-24-46(64)5)37-54(68(10,11)12)38-53(67)40-61-58(65-47(6)25-17-26-48(65)7)33-20-34-59(61)66-49(8)27-18-28-50(66)9/h13-38H,39-41H2,1-12H3. The summed E-state index contributed by atoms with van der Waals surface area (Å²) in [6, 6.07) is 59.3. The van der Waals surface area contributed by atoms with Gasteiger partial charge in [-0.2, -0.15) is 0 Å². The van der Waals surface area contributed by atoms with Crippen LogP contribution in [0.15, 0.2) is 158 Å². The predicted octanol–water partition coefficient (Wildman–Crippen LogP) is 17.2. The van der Waals surface area contributed by atoms with Gasteiger partial charge in [0.1, 0.15) is 0 Å². The summed E-state index contributed by atoms with van der Waals surface area (Å²) in [7, 11) is 0.113. The normalized spacial score (nSPS) is 11.7. The third kappa shape index (κ3) is 9.52. The quantitative estimate of drug-likeness (QED) is 0.111. The minimum absolute atomic E-state index is 0.113. The van der Waals surface area contributed by atoms with Gasteiger partial charge in [-0.05, 0) is 224 Å². The van der Waals surface area contributed by atoms with E-state index in [0.717, 1.165) is 12.8 Å². The fourth-order valence-electron chi connectivity index (χ4n) is 11.3. The fraction of sp³-hybridized carbons (Fsp3) is 0.235. The van der Waals surface area contributed by atoms with E-state index in [4.69, 9.17) is 4.43 Å². The highest BCUT2D eigenvalue weighted by molar-refractivity contribution is 6.48. The molecule has 0 N–H and O–H groups in total. The molecule has 0 saturated heterocycles. The van der Waals surface area contributed by atoms with Crippen molar-refractivity contribution in [2.45, 2.75) is 108 Å². The molecule has 9 rings (SSSR count). The van der Waals surface area contributed by atoms with Gasteiger partial charge < -0.3 is 4.43 Å². The maximum atomic E-state index is 7.22. The lowest BCUT2D eigenvalue weighted by molar-refractivity contribution is 0.331. The molecule has 0 unspecified atom stereocenters. The maximum Gasteiger partial charge on any atom is 0.269 e. The van der Waals surface area contributed by atoms with Crippen LogP contribution >= 0.6 is 0 Å². The van der Waals surface area contributed by atoms with Crippen LogP contribution in [0, 0.1) is 62.3 Å². The highest BCUT2D eigenvalue weighted by atomic mass is 28.2. The number of hydrogen-bond acceptors (Lipinski definition) is 1. The first-order valence-corrected chi connectivity index (χ1v) is 26.0. The number of aryl methyl sites for hydroxylation is 9. The third-order valence-corrected chi connectivity index (χ3v) is 16.1. The van der Waals surface area contributed by atoms with Gasteiger partial charge in [0.05, 0.1) is 6.61 Å². The van der Waals surface area contributed by atoms with Crippen LogP contribution in [-0.2, 0) is 29.3 Å². The second-order valence-corrected chi connectivity index (χ2v) is 22.0. The Bertz CT molecular complexity index is 3040. The molecule has 0 aromatic heterocycles. The van der Waals surface area contributed by atoms with Crippen molar-refractivity contribution in [2.24, 2.45) is 0 Å².